The molecule has 1 aromatic rings. The summed E-state index contributed by atoms with van der Waals surface area (Å²) in [7, 11) is 1.58. The zero-order valence-electron chi connectivity index (χ0n) is 10.9. The molecule has 3 aliphatic rings. The van der Waals surface area contributed by atoms with Gasteiger partial charge in [0, 0.05) is 23.3 Å². The molecule has 0 amide bonds. The van der Waals surface area contributed by atoms with Gasteiger partial charge in [0.1, 0.15) is 5.75 Å². The lowest BCUT2D eigenvalue weighted by Gasteiger charge is -2.14. The Balaban J connectivity index is 1.57. The third-order valence-corrected chi connectivity index (χ3v) is 4.45. The van der Waals surface area contributed by atoms with Crippen LogP contribution in [-0.4, -0.2) is 37.7 Å². The number of Topliss-reactive ketones (excluding diaryl/α,β-unsaturated/α-hetero) is 2. The number of hydrogen-bond acceptors (Lipinski definition) is 5. The molecular weight excluding hydrogens is 260 g/mol. The van der Waals surface area contributed by atoms with Gasteiger partial charge in [-0.1, -0.05) is 0 Å². The minimum Gasteiger partial charge on any atom is -0.497 e. The van der Waals surface area contributed by atoms with E-state index in [4.69, 9.17) is 14.2 Å². The first kappa shape index (κ1) is 12.1. The highest BCUT2D eigenvalue weighted by Crippen LogP contribution is 2.57. The van der Waals surface area contributed by atoms with Crippen LogP contribution in [0.5, 0.6) is 5.75 Å². The van der Waals surface area contributed by atoms with Crippen molar-refractivity contribution in [3.8, 4) is 5.75 Å². The summed E-state index contributed by atoms with van der Waals surface area (Å²) in [6.45, 7) is 0.421. The summed E-state index contributed by atoms with van der Waals surface area (Å²) in [5.41, 5.74) is 0.620. The first-order valence-electron chi connectivity index (χ1n) is 6.70. The topological polar surface area (TPSA) is 61.8 Å². The summed E-state index contributed by atoms with van der Waals surface area (Å²) < 4.78 is 15.8. The standard InChI is InChI=1S/C15H14O5/c1-18-8-4-2-7(3-5-8)13(16)11-10-9-6-19-15(20-9)14(17)12(10)11/h2-5,9-12,15H,6H2,1H3/t9?,10-,11-,12-,15?/m0/s1. The molecule has 5 nitrogen and oxygen atoms in total. The summed E-state index contributed by atoms with van der Waals surface area (Å²) in [5, 5.41) is 0. The molecule has 2 bridgehead atoms. The molecule has 5 heteroatoms. The SMILES string of the molecule is COc1ccc(C(=O)[C@@H]2[C@H]3C(=O)C4OCC(O4)[C@@H]23)cc1. The fourth-order valence-corrected chi connectivity index (χ4v) is 3.38. The maximum absolute atomic E-state index is 12.5. The van der Waals surface area contributed by atoms with Crippen molar-refractivity contribution in [3.05, 3.63) is 29.8 Å². The second kappa shape index (κ2) is 4.14. The van der Waals surface area contributed by atoms with Gasteiger partial charge in [-0.15, -0.1) is 0 Å². The van der Waals surface area contributed by atoms with Gasteiger partial charge in [0.2, 0.25) is 6.29 Å². The quantitative estimate of drug-likeness (QED) is 0.771. The average Bonchev–Trinajstić information content (AvgIpc) is 3.09. The maximum atomic E-state index is 12.5. The van der Waals surface area contributed by atoms with Gasteiger partial charge >= 0.3 is 0 Å². The van der Waals surface area contributed by atoms with Crippen molar-refractivity contribution in [1.29, 1.82) is 0 Å². The van der Waals surface area contributed by atoms with Gasteiger partial charge in [0.15, 0.2) is 11.6 Å². The monoisotopic (exact) mass is 274 g/mol. The smallest absolute Gasteiger partial charge is 0.218 e. The summed E-state index contributed by atoms with van der Waals surface area (Å²) in [5.74, 6) is 0.200. The number of hydrogen-bond donors (Lipinski definition) is 0. The molecule has 2 aliphatic heterocycles. The summed E-state index contributed by atoms with van der Waals surface area (Å²) in [4.78, 5) is 24.6. The zero-order valence-corrected chi connectivity index (χ0v) is 10.9. The number of methoxy groups -OCH3 is 1. The van der Waals surface area contributed by atoms with Crippen LogP contribution in [0, 0.1) is 17.8 Å². The van der Waals surface area contributed by atoms with E-state index >= 15 is 0 Å². The lowest BCUT2D eigenvalue weighted by Crippen LogP contribution is -2.30. The summed E-state index contributed by atoms with van der Waals surface area (Å²) in [6.07, 6.45) is -0.843. The second-order valence-corrected chi connectivity index (χ2v) is 5.46. The van der Waals surface area contributed by atoms with E-state index in [9.17, 15) is 9.59 Å². The van der Waals surface area contributed by atoms with E-state index < -0.39 is 6.29 Å². The fourth-order valence-electron chi connectivity index (χ4n) is 3.38. The second-order valence-electron chi connectivity index (χ2n) is 5.46. The van der Waals surface area contributed by atoms with E-state index in [0.29, 0.717) is 17.9 Å². The van der Waals surface area contributed by atoms with Gasteiger partial charge in [-0.25, -0.2) is 0 Å². The van der Waals surface area contributed by atoms with E-state index in [1.165, 1.54) is 0 Å². The minimum absolute atomic E-state index is 0.00384. The highest BCUT2D eigenvalue weighted by Gasteiger charge is 2.68. The van der Waals surface area contributed by atoms with Crippen LogP contribution in [0.4, 0.5) is 0 Å². The molecule has 3 fully saturated rings. The van der Waals surface area contributed by atoms with Crippen molar-refractivity contribution in [2.75, 3.05) is 13.7 Å². The van der Waals surface area contributed by atoms with Crippen LogP contribution in [0.1, 0.15) is 10.4 Å². The Kier molecular flexibility index (Phi) is 2.49. The van der Waals surface area contributed by atoms with Gasteiger partial charge in [-0.2, -0.15) is 0 Å². The predicted molar refractivity (Wildman–Crippen MR) is 67.4 cm³/mol. The van der Waals surface area contributed by atoms with Crippen molar-refractivity contribution < 1.29 is 23.8 Å². The molecule has 2 unspecified atom stereocenters. The van der Waals surface area contributed by atoms with Gasteiger partial charge < -0.3 is 14.2 Å². The number of benzene rings is 1. The lowest BCUT2D eigenvalue weighted by atomic mass is 10.0. The van der Waals surface area contributed by atoms with Crippen molar-refractivity contribution in [2.45, 2.75) is 12.4 Å². The lowest BCUT2D eigenvalue weighted by molar-refractivity contribution is -0.153. The first-order valence-corrected chi connectivity index (χ1v) is 6.70. The maximum Gasteiger partial charge on any atom is 0.218 e. The van der Waals surface area contributed by atoms with Gasteiger partial charge in [-0.05, 0) is 24.3 Å². The Morgan fingerprint density at radius 1 is 1.30 bits per heavy atom. The van der Waals surface area contributed by atoms with Crippen LogP contribution in [0.25, 0.3) is 0 Å². The van der Waals surface area contributed by atoms with E-state index in [0.717, 1.165) is 0 Å². The molecular formula is C15H14O5. The molecule has 1 aromatic carbocycles. The largest absolute Gasteiger partial charge is 0.497 e. The Hall–Kier alpha value is -1.72. The van der Waals surface area contributed by atoms with Crippen LogP contribution in [0.15, 0.2) is 24.3 Å². The average molecular weight is 274 g/mol. The van der Waals surface area contributed by atoms with Crippen molar-refractivity contribution >= 4 is 11.6 Å². The molecule has 5 atom stereocenters. The fraction of sp³-hybridized carbons (Fsp3) is 0.467. The van der Waals surface area contributed by atoms with Crippen molar-refractivity contribution in [2.24, 2.45) is 17.8 Å². The Morgan fingerprint density at radius 3 is 2.75 bits per heavy atom. The first-order chi connectivity index (χ1) is 9.70. The van der Waals surface area contributed by atoms with E-state index in [1.54, 1.807) is 31.4 Å². The highest BCUT2D eigenvalue weighted by molar-refractivity contribution is 6.05. The van der Waals surface area contributed by atoms with Crippen LogP contribution in [0.3, 0.4) is 0 Å². The molecule has 104 valence electrons. The molecule has 0 aromatic heterocycles. The van der Waals surface area contributed by atoms with Crippen LogP contribution in [0.2, 0.25) is 0 Å². The van der Waals surface area contributed by atoms with Crippen molar-refractivity contribution in [3.63, 3.8) is 0 Å². The van der Waals surface area contributed by atoms with Gasteiger partial charge in [0.05, 0.1) is 19.8 Å². The Bertz CT molecular complexity index is 578. The number of carbonyl (C=O) groups is 2. The highest BCUT2D eigenvalue weighted by atomic mass is 16.7. The van der Waals surface area contributed by atoms with Gasteiger partial charge in [0.25, 0.3) is 0 Å². The minimum atomic E-state index is -0.741. The molecule has 4 rings (SSSR count). The number of fused-ring (bicyclic) bond motifs is 4. The molecule has 1 aliphatic carbocycles. The molecule has 1 saturated carbocycles. The molecule has 0 N–H and O–H groups in total. The Labute approximate surface area is 115 Å². The summed E-state index contributed by atoms with van der Waals surface area (Å²) >= 11 is 0. The Morgan fingerprint density at radius 2 is 2.05 bits per heavy atom. The molecule has 0 spiro atoms. The molecule has 2 heterocycles. The molecule has 2 saturated heterocycles. The van der Waals surface area contributed by atoms with E-state index in [2.05, 4.69) is 0 Å². The van der Waals surface area contributed by atoms with Crippen LogP contribution < -0.4 is 4.74 Å². The van der Waals surface area contributed by atoms with Crippen molar-refractivity contribution in [1.82, 2.24) is 0 Å². The third kappa shape index (κ3) is 1.57. The number of carbonyl (C=O) groups excluding carboxylic acids is 2. The normalized spacial score (nSPS) is 37.5. The van der Waals surface area contributed by atoms with E-state index in [-0.39, 0.29) is 35.4 Å². The molecule has 0 radical (unpaired) electrons. The summed E-state index contributed by atoms with van der Waals surface area (Å²) in [6, 6.07) is 7.00. The van der Waals surface area contributed by atoms with Crippen LogP contribution in [-0.2, 0) is 14.3 Å². The predicted octanol–water partition coefficient (Wildman–Crippen LogP) is 1.06. The van der Waals surface area contributed by atoms with Crippen LogP contribution >= 0.6 is 0 Å². The zero-order chi connectivity index (χ0) is 13.9. The van der Waals surface area contributed by atoms with Gasteiger partial charge in [-0.3, -0.25) is 9.59 Å². The van der Waals surface area contributed by atoms with E-state index in [1.807, 2.05) is 0 Å². The number of rotatable bonds is 3. The molecule has 20 heavy (non-hydrogen) atoms. The third-order valence-electron chi connectivity index (χ3n) is 4.45. The number of ketones is 2. The number of ether oxygens (including phenoxy) is 3.